The molecule has 24 heavy (non-hydrogen) atoms. The molecule has 1 saturated heterocycles. The lowest BCUT2D eigenvalue weighted by Crippen LogP contribution is -2.51. The van der Waals surface area contributed by atoms with Crippen molar-refractivity contribution in [3.8, 4) is 0 Å². The van der Waals surface area contributed by atoms with Gasteiger partial charge in [-0.05, 0) is 12.1 Å². The van der Waals surface area contributed by atoms with E-state index in [0.717, 1.165) is 30.4 Å². The van der Waals surface area contributed by atoms with E-state index >= 15 is 0 Å². The SMILES string of the molecule is CN=C(NCc1cn2ccccc2n1)N1CCOC(COC)C1.I. The average molecular weight is 445 g/mol. The summed E-state index contributed by atoms with van der Waals surface area (Å²) in [6.45, 7) is 3.52. The summed E-state index contributed by atoms with van der Waals surface area (Å²) < 4.78 is 12.9. The van der Waals surface area contributed by atoms with E-state index in [1.165, 1.54) is 0 Å². The molecule has 0 aliphatic carbocycles. The second kappa shape index (κ2) is 9.19. The zero-order valence-corrected chi connectivity index (χ0v) is 16.3. The molecule has 8 heteroatoms. The third kappa shape index (κ3) is 4.58. The fraction of sp³-hybridized carbons (Fsp3) is 0.500. The van der Waals surface area contributed by atoms with Crippen LogP contribution in [-0.4, -0.2) is 66.8 Å². The number of aliphatic imine (C=N–C) groups is 1. The van der Waals surface area contributed by atoms with Gasteiger partial charge < -0.3 is 24.1 Å². The smallest absolute Gasteiger partial charge is 0.194 e. The quantitative estimate of drug-likeness (QED) is 0.438. The molecule has 132 valence electrons. The van der Waals surface area contributed by atoms with Gasteiger partial charge in [0.25, 0.3) is 0 Å². The highest BCUT2D eigenvalue weighted by molar-refractivity contribution is 14.0. The van der Waals surface area contributed by atoms with E-state index in [1.54, 1.807) is 14.2 Å². The van der Waals surface area contributed by atoms with Gasteiger partial charge in [0, 0.05) is 39.6 Å². The van der Waals surface area contributed by atoms with E-state index in [1.807, 2.05) is 35.0 Å². The molecule has 0 radical (unpaired) electrons. The van der Waals surface area contributed by atoms with Gasteiger partial charge in [-0.2, -0.15) is 0 Å². The maximum absolute atomic E-state index is 5.68. The fourth-order valence-corrected chi connectivity index (χ4v) is 2.77. The van der Waals surface area contributed by atoms with Crippen molar-refractivity contribution in [3.05, 3.63) is 36.3 Å². The molecule has 7 nitrogen and oxygen atoms in total. The molecule has 3 heterocycles. The normalized spacial score (nSPS) is 18.5. The van der Waals surface area contributed by atoms with E-state index in [-0.39, 0.29) is 30.1 Å². The van der Waals surface area contributed by atoms with Crippen molar-refractivity contribution < 1.29 is 9.47 Å². The Hall–Kier alpha value is -1.39. The molecular formula is C16H24IN5O2. The largest absolute Gasteiger partial charge is 0.382 e. The summed E-state index contributed by atoms with van der Waals surface area (Å²) in [5, 5.41) is 3.38. The lowest BCUT2D eigenvalue weighted by atomic mass is 10.3. The highest BCUT2D eigenvalue weighted by Gasteiger charge is 2.22. The number of imidazole rings is 1. The van der Waals surface area contributed by atoms with Gasteiger partial charge in [-0.25, -0.2) is 4.98 Å². The third-order valence-electron chi connectivity index (χ3n) is 3.84. The predicted molar refractivity (Wildman–Crippen MR) is 104 cm³/mol. The van der Waals surface area contributed by atoms with Crippen LogP contribution < -0.4 is 5.32 Å². The Balaban J connectivity index is 0.00000208. The molecule has 1 unspecified atom stereocenters. The molecule has 0 amide bonds. The number of rotatable bonds is 4. The summed E-state index contributed by atoms with van der Waals surface area (Å²) in [6.07, 6.45) is 4.11. The molecule has 2 aromatic heterocycles. The number of hydrogen-bond acceptors (Lipinski definition) is 4. The molecule has 2 aromatic rings. The van der Waals surface area contributed by atoms with Gasteiger partial charge in [-0.3, -0.25) is 4.99 Å². The number of guanidine groups is 1. The molecule has 1 N–H and O–H groups in total. The number of pyridine rings is 1. The first-order valence-electron chi connectivity index (χ1n) is 7.79. The first kappa shape index (κ1) is 18.9. The first-order chi connectivity index (χ1) is 11.3. The van der Waals surface area contributed by atoms with Crippen molar-refractivity contribution in [1.82, 2.24) is 19.6 Å². The Morgan fingerprint density at radius 1 is 1.50 bits per heavy atom. The van der Waals surface area contributed by atoms with E-state index < -0.39 is 0 Å². The molecule has 1 aliphatic rings. The lowest BCUT2D eigenvalue weighted by molar-refractivity contribution is -0.0447. The minimum Gasteiger partial charge on any atom is -0.382 e. The van der Waals surface area contributed by atoms with E-state index in [0.29, 0.717) is 19.8 Å². The molecule has 3 rings (SSSR count). The number of ether oxygens (including phenoxy) is 2. The number of morpholine rings is 1. The standard InChI is InChI=1S/C16H23N5O2.HI/c1-17-16(21-7-8-23-14(11-21)12-22-2)18-9-13-10-20-6-4-3-5-15(20)19-13;/h3-6,10,14H,7-9,11-12H2,1-2H3,(H,17,18);1H. The second-order valence-corrected chi connectivity index (χ2v) is 5.49. The highest BCUT2D eigenvalue weighted by atomic mass is 127. The minimum atomic E-state index is 0. The summed E-state index contributed by atoms with van der Waals surface area (Å²) >= 11 is 0. The summed E-state index contributed by atoms with van der Waals surface area (Å²) in [4.78, 5) is 11.2. The molecule has 1 atom stereocenters. The van der Waals surface area contributed by atoms with Crippen LogP contribution in [0, 0.1) is 0 Å². The number of nitrogens with one attached hydrogen (secondary N) is 1. The molecule has 0 aromatic carbocycles. The van der Waals surface area contributed by atoms with Crippen LogP contribution in [0.15, 0.2) is 35.6 Å². The molecule has 0 spiro atoms. The van der Waals surface area contributed by atoms with E-state index in [9.17, 15) is 0 Å². The predicted octanol–water partition coefficient (Wildman–Crippen LogP) is 1.37. The maximum Gasteiger partial charge on any atom is 0.194 e. The number of hydrogen-bond donors (Lipinski definition) is 1. The Labute approximate surface area is 159 Å². The molecular weight excluding hydrogens is 421 g/mol. The number of halogens is 1. The monoisotopic (exact) mass is 445 g/mol. The fourth-order valence-electron chi connectivity index (χ4n) is 2.77. The Morgan fingerprint density at radius 3 is 3.12 bits per heavy atom. The zero-order chi connectivity index (χ0) is 16.1. The van der Waals surface area contributed by atoms with Gasteiger partial charge in [0.05, 0.1) is 31.6 Å². The van der Waals surface area contributed by atoms with Crippen LogP contribution in [0.4, 0.5) is 0 Å². The van der Waals surface area contributed by atoms with Gasteiger partial charge >= 0.3 is 0 Å². The van der Waals surface area contributed by atoms with Crippen molar-refractivity contribution in [3.63, 3.8) is 0 Å². The first-order valence-corrected chi connectivity index (χ1v) is 7.79. The number of nitrogens with zero attached hydrogens (tertiary/aromatic N) is 4. The summed E-state index contributed by atoms with van der Waals surface area (Å²) in [7, 11) is 3.49. The minimum absolute atomic E-state index is 0. The lowest BCUT2D eigenvalue weighted by Gasteiger charge is -2.34. The Kier molecular flexibility index (Phi) is 7.25. The van der Waals surface area contributed by atoms with Crippen molar-refractivity contribution in [1.29, 1.82) is 0 Å². The molecule has 1 fully saturated rings. The summed E-state index contributed by atoms with van der Waals surface area (Å²) in [5.74, 6) is 0.867. The average Bonchev–Trinajstić information content (AvgIpc) is 2.99. The van der Waals surface area contributed by atoms with Crippen molar-refractivity contribution in [2.45, 2.75) is 12.6 Å². The second-order valence-electron chi connectivity index (χ2n) is 5.49. The van der Waals surface area contributed by atoms with Crippen LogP contribution in [0.1, 0.15) is 5.69 Å². The molecule has 0 bridgehead atoms. The van der Waals surface area contributed by atoms with Crippen LogP contribution in [0.5, 0.6) is 0 Å². The zero-order valence-electron chi connectivity index (χ0n) is 14.0. The van der Waals surface area contributed by atoms with Gasteiger partial charge in [-0.1, -0.05) is 6.07 Å². The highest BCUT2D eigenvalue weighted by Crippen LogP contribution is 2.07. The van der Waals surface area contributed by atoms with Gasteiger partial charge in [0.2, 0.25) is 0 Å². The third-order valence-corrected chi connectivity index (χ3v) is 3.84. The van der Waals surface area contributed by atoms with Crippen LogP contribution in [0.3, 0.4) is 0 Å². The molecule has 0 saturated carbocycles. The van der Waals surface area contributed by atoms with Gasteiger partial charge in [0.15, 0.2) is 5.96 Å². The summed E-state index contributed by atoms with van der Waals surface area (Å²) in [6, 6.07) is 5.98. The van der Waals surface area contributed by atoms with Crippen molar-refractivity contribution in [2.75, 3.05) is 40.5 Å². The summed E-state index contributed by atoms with van der Waals surface area (Å²) in [5.41, 5.74) is 1.94. The van der Waals surface area contributed by atoms with Crippen molar-refractivity contribution >= 4 is 35.6 Å². The number of fused-ring (bicyclic) bond motifs is 1. The van der Waals surface area contributed by atoms with Crippen LogP contribution in [0.25, 0.3) is 5.65 Å². The number of methoxy groups -OCH3 is 1. The molecule has 1 aliphatic heterocycles. The van der Waals surface area contributed by atoms with Crippen molar-refractivity contribution in [2.24, 2.45) is 4.99 Å². The maximum atomic E-state index is 5.68. The Morgan fingerprint density at radius 2 is 2.38 bits per heavy atom. The van der Waals surface area contributed by atoms with Crippen LogP contribution >= 0.6 is 24.0 Å². The van der Waals surface area contributed by atoms with Gasteiger partial charge in [-0.15, -0.1) is 24.0 Å². The van der Waals surface area contributed by atoms with Crippen LogP contribution in [-0.2, 0) is 16.0 Å². The van der Waals surface area contributed by atoms with Crippen LogP contribution in [0.2, 0.25) is 0 Å². The topological polar surface area (TPSA) is 63.4 Å². The van der Waals surface area contributed by atoms with E-state index in [4.69, 9.17) is 9.47 Å². The Bertz CT molecular complexity index is 640. The number of aromatic nitrogens is 2. The van der Waals surface area contributed by atoms with Gasteiger partial charge in [0.1, 0.15) is 5.65 Å². The van der Waals surface area contributed by atoms with E-state index in [2.05, 4.69) is 20.2 Å².